The van der Waals surface area contributed by atoms with Crippen molar-refractivity contribution in [2.45, 2.75) is 10.8 Å². The van der Waals surface area contributed by atoms with Crippen LogP contribution >= 0.6 is 11.8 Å². The second kappa shape index (κ2) is 3.28. The molecule has 1 aromatic carbocycles. The summed E-state index contributed by atoms with van der Waals surface area (Å²) in [5.41, 5.74) is 1.46. The largest absolute Gasteiger partial charge is 0.286 e. The number of nitrogens with zero attached hydrogens (tertiary/aromatic N) is 1. The van der Waals surface area contributed by atoms with Gasteiger partial charge in [-0.1, -0.05) is 23.9 Å². The maximum Gasteiger partial charge on any atom is 0.286 e. The highest BCUT2D eigenvalue weighted by Gasteiger charge is 2.30. The topological polar surface area (TPSA) is 12.4 Å². The minimum atomic E-state index is -2.85. The van der Waals surface area contributed by atoms with Crippen molar-refractivity contribution in [2.75, 3.05) is 0 Å². The number of allylic oxidation sites excluding steroid dienone is 4. The third-order valence-electron chi connectivity index (χ3n) is 2.37. The Hall–Kier alpha value is -1.42. The molecule has 1 aromatic rings. The first-order chi connectivity index (χ1) is 7.64. The molecule has 1 aliphatic heterocycles. The zero-order valence-corrected chi connectivity index (χ0v) is 8.97. The fourth-order valence-electron chi connectivity index (χ4n) is 1.63. The molecule has 0 saturated carbocycles. The number of hydrogen-bond donors (Lipinski definition) is 0. The molecule has 0 unspecified atom stereocenters. The molecule has 2 aliphatic rings. The zero-order valence-electron chi connectivity index (χ0n) is 8.15. The van der Waals surface area contributed by atoms with Gasteiger partial charge >= 0.3 is 0 Å². The van der Waals surface area contributed by atoms with Crippen LogP contribution < -0.4 is 0 Å². The lowest BCUT2D eigenvalue weighted by atomic mass is 10.1. The van der Waals surface area contributed by atoms with E-state index in [2.05, 4.69) is 4.99 Å². The predicted molar refractivity (Wildman–Crippen MR) is 61.6 cm³/mol. The quantitative estimate of drug-likeness (QED) is 0.663. The fourth-order valence-corrected chi connectivity index (χ4v) is 2.66. The molecule has 1 heterocycles. The molecule has 0 bridgehead atoms. The molecule has 1 aliphatic carbocycles. The molecule has 0 spiro atoms. The van der Waals surface area contributed by atoms with Crippen molar-refractivity contribution in [3.8, 4) is 0 Å². The SMILES string of the molecule is FC1(F)C=CC2=Nc3ccccc3SC2=C1. The number of halogens is 2. The number of rotatable bonds is 0. The first-order valence-corrected chi connectivity index (χ1v) is 5.62. The van der Waals surface area contributed by atoms with Gasteiger partial charge in [0.15, 0.2) is 0 Å². The molecule has 3 rings (SSSR count). The van der Waals surface area contributed by atoms with E-state index in [1.807, 2.05) is 24.3 Å². The highest BCUT2D eigenvalue weighted by Crippen LogP contribution is 2.43. The smallest absolute Gasteiger partial charge is 0.247 e. The van der Waals surface area contributed by atoms with E-state index in [0.29, 0.717) is 10.6 Å². The van der Waals surface area contributed by atoms with Gasteiger partial charge in [0.2, 0.25) is 0 Å². The second-order valence-corrected chi connectivity index (χ2v) is 4.67. The number of para-hydroxylation sites is 1. The summed E-state index contributed by atoms with van der Waals surface area (Å²) in [5.74, 6) is -2.85. The lowest BCUT2D eigenvalue weighted by molar-refractivity contribution is 0.111. The van der Waals surface area contributed by atoms with E-state index in [9.17, 15) is 8.78 Å². The molecule has 0 fully saturated rings. The molecule has 4 heteroatoms. The first kappa shape index (κ1) is 9.78. The molecular formula is C12H7F2NS. The van der Waals surface area contributed by atoms with E-state index >= 15 is 0 Å². The molecule has 0 radical (unpaired) electrons. The van der Waals surface area contributed by atoms with Gasteiger partial charge in [0.05, 0.1) is 11.4 Å². The lowest BCUT2D eigenvalue weighted by Gasteiger charge is -2.21. The normalized spacial score (nSPS) is 20.6. The number of benzene rings is 1. The van der Waals surface area contributed by atoms with E-state index in [1.165, 1.54) is 17.8 Å². The molecule has 0 atom stereocenters. The number of aliphatic imine (C=N–C) groups is 1. The average molecular weight is 235 g/mol. The molecule has 16 heavy (non-hydrogen) atoms. The maximum atomic E-state index is 13.1. The van der Waals surface area contributed by atoms with Crippen molar-refractivity contribution in [1.29, 1.82) is 0 Å². The van der Waals surface area contributed by atoms with Crippen LogP contribution in [0.1, 0.15) is 0 Å². The van der Waals surface area contributed by atoms with E-state index in [-0.39, 0.29) is 0 Å². The third-order valence-corrected chi connectivity index (χ3v) is 3.48. The zero-order chi connectivity index (χ0) is 11.2. The minimum absolute atomic E-state index is 0.534. The van der Waals surface area contributed by atoms with Crippen LogP contribution in [0.25, 0.3) is 0 Å². The summed E-state index contributed by atoms with van der Waals surface area (Å²) in [6.45, 7) is 0. The molecule has 80 valence electrons. The van der Waals surface area contributed by atoms with Gasteiger partial charge in [-0.05, 0) is 24.3 Å². The van der Waals surface area contributed by atoms with Crippen LogP contribution in [0.15, 0.2) is 57.3 Å². The van der Waals surface area contributed by atoms with Gasteiger partial charge in [-0.3, -0.25) is 0 Å². The van der Waals surface area contributed by atoms with Gasteiger partial charge < -0.3 is 0 Å². The Morgan fingerprint density at radius 2 is 2.00 bits per heavy atom. The Kier molecular flexibility index (Phi) is 2.01. The van der Waals surface area contributed by atoms with Crippen LogP contribution in [-0.2, 0) is 0 Å². The summed E-state index contributed by atoms with van der Waals surface area (Å²) in [6, 6.07) is 7.54. The molecule has 1 nitrogen and oxygen atoms in total. The van der Waals surface area contributed by atoms with Crippen molar-refractivity contribution in [1.82, 2.24) is 0 Å². The predicted octanol–water partition coefficient (Wildman–Crippen LogP) is 3.95. The first-order valence-electron chi connectivity index (χ1n) is 4.80. The van der Waals surface area contributed by atoms with Gasteiger partial charge in [-0.15, -0.1) is 0 Å². The van der Waals surface area contributed by atoms with Crippen LogP contribution in [-0.4, -0.2) is 11.6 Å². The summed E-state index contributed by atoms with van der Waals surface area (Å²) in [7, 11) is 0. The summed E-state index contributed by atoms with van der Waals surface area (Å²) in [6.07, 6.45) is 3.23. The summed E-state index contributed by atoms with van der Waals surface area (Å²) in [5, 5.41) is 0. The van der Waals surface area contributed by atoms with E-state index in [0.717, 1.165) is 22.7 Å². The van der Waals surface area contributed by atoms with E-state index < -0.39 is 5.92 Å². The highest BCUT2D eigenvalue weighted by molar-refractivity contribution is 8.04. The second-order valence-electron chi connectivity index (χ2n) is 3.58. The van der Waals surface area contributed by atoms with Crippen LogP contribution in [0.2, 0.25) is 0 Å². The summed E-state index contributed by atoms with van der Waals surface area (Å²) < 4.78 is 26.2. The monoisotopic (exact) mass is 235 g/mol. The molecule has 0 aromatic heterocycles. The number of hydrogen-bond acceptors (Lipinski definition) is 2. The standard InChI is InChI=1S/C12H7F2NS/c13-12(14)6-5-9-11(7-12)16-10-4-2-1-3-8(10)15-9/h1-7H. The summed E-state index contributed by atoms with van der Waals surface area (Å²) >= 11 is 1.34. The molecule has 0 saturated heterocycles. The Bertz CT molecular complexity index is 544. The third kappa shape index (κ3) is 1.59. The van der Waals surface area contributed by atoms with Gasteiger partial charge in [-0.25, -0.2) is 4.99 Å². The number of fused-ring (bicyclic) bond motifs is 2. The van der Waals surface area contributed by atoms with Crippen molar-refractivity contribution in [2.24, 2.45) is 4.99 Å². The van der Waals surface area contributed by atoms with Gasteiger partial charge in [0.1, 0.15) is 0 Å². The highest BCUT2D eigenvalue weighted by atomic mass is 32.2. The van der Waals surface area contributed by atoms with Crippen LogP contribution in [0, 0.1) is 0 Å². The van der Waals surface area contributed by atoms with Gasteiger partial charge in [0, 0.05) is 15.9 Å². The van der Waals surface area contributed by atoms with Crippen LogP contribution in [0.5, 0.6) is 0 Å². The van der Waals surface area contributed by atoms with Crippen LogP contribution in [0.3, 0.4) is 0 Å². The van der Waals surface area contributed by atoms with E-state index in [4.69, 9.17) is 0 Å². The number of alkyl halides is 2. The van der Waals surface area contributed by atoms with Crippen molar-refractivity contribution >= 4 is 23.2 Å². The lowest BCUT2D eigenvalue weighted by Crippen LogP contribution is -2.17. The van der Waals surface area contributed by atoms with Crippen molar-refractivity contribution in [3.63, 3.8) is 0 Å². The maximum absolute atomic E-state index is 13.1. The average Bonchev–Trinajstić information content (AvgIpc) is 2.25. The van der Waals surface area contributed by atoms with Crippen molar-refractivity contribution < 1.29 is 8.78 Å². The molecule has 0 amide bonds. The van der Waals surface area contributed by atoms with E-state index in [1.54, 1.807) is 0 Å². The molecule has 0 N–H and O–H groups in total. The number of thioether (sulfide) groups is 1. The Morgan fingerprint density at radius 3 is 2.88 bits per heavy atom. The Labute approximate surface area is 95.6 Å². The Morgan fingerprint density at radius 1 is 1.19 bits per heavy atom. The minimum Gasteiger partial charge on any atom is -0.247 e. The van der Waals surface area contributed by atoms with Gasteiger partial charge in [-0.2, -0.15) is 8.78 Å². The Balaban J connectivity index is 2.12. The van der Waals surface area contributed by atoms with Crippen LogP contribution in [0.4, 0.5) is 14.5 Å². The van der Waals surface area contributed by atoms with Crippen molar-refractivity contribution in [3.05, 3.63) is 47.4 Å². The summed E-state index contributed by atoms with van der Waals surface area (Å²) in [4.78, 5) is 5.79. The van der Waals surface area contributed by atoms with Gasteiger partial charge in [0.25, 0.3) is 5.92 Å². The fraction of sp³-hybridized carbons (Fsp3) is 0.0833. The molecular weight excluding hydrogens is 228 g/mol.